The van der Waals surface area contributed by atoms with Crippen molar-refractivity contribution in [1.29, 1.82) is 0 Å². The number of ether oxygens (including phenoxy) is 1. The number of carbonyl (C=O) groups is 1. The number of hydrogen-bond acceptors (Lipinski definition) is 5. The van der Waals surface area contributed by atoms with Crippen LogP contribution in [0.15, 0.2) is 65.2 Å². The lowest BCUT2D eigenvalue weighted by atomic mass is 10.2. The van der Waals surface area contributed by atoms with Crippen molar-refractivity contribution in [2.24, 2.45) is 0 Å². The van der Waals surface area contributed by atoms with E-state index in [0.29, 0.717) is 29.4 Å². The van der Waals surface area contributed by atoms with Gasteiger partial charge < -0.3 is 14.6 Å². The number of nitrogens with one attached hydrogen (secondary N) is 1. The molecule has 0 fully saturated rings. The Kier molecular flexibility index (Phi) is 5.84. The van der Waals surface area contributed by atoms with E-state index in [1.165, 1.54) is 0 Å². The molecule has 4 aromatic rings. The molecule has 158 valence electrons. The van der Waals surface area contributed by atoms with Crippen molar-refractivity contribution in [1.82, 2.24) is 14.9 Å². The molecule has 0 saturated carbocycles. The lowest BCUT2D eigenvalue weighted by molar-refractivity contribution is 0.101. The van der Waals surface area contributed by atoms with Gasteiger partial charge in [-0.05, 0) is 38.5 Å². The summed E-state index contributed by atoms with van der Waals surface area (Å²) in [5.74, 6) is 1.34. The smallest absolute Gasteiger partial charge is 0.279 e. The Balaban J connectivity index is 1.45. The normalized spacial score (nSPS) is 10.8. The zero-order valence-corrected chi connectivity index (χ0v) is 17.8. The van der Waals surface area contributed by atoms with Crippen LogP contribution in [0.5, 0.6) is 5.75 Å². The Morgan fingerprint density at radius 1 is 1.06 bits per heavy atom. The first kappa shape index (κ1) is 20.4. The molecule has 1 N–H and O–H groups in total. The summed E-state index contributed by atoms with van der Waals surface area (Å²) in [7, 11) is 0. The molecule has 7 nitrogen and oxygen atoms in total. The average Bonchev–Trinajstić information content (AvgIpc) is 3.30. The fourth-order valence-corrected chi connectivity index (χ4v) is 3.19. The third-order valence-electron chi connectivity index (χ3n) is 5.00. The van der Waals surface area contributed by atoms with E-state index >= 15 is 0 Å². The second-order valence-electron chi connectivity index (χ2n) is 7.44. The second-order valence-corrected chi connectivity index (χ2v) is 7.44. The number of hydrogen-bond donors (Lipinski definition) is 1. The first-order valence-electron chi connectivity index (χ1n) is 10.0. The van der Waals surface area contributed by atoms with E-state index in [-0.39, 0.29) is 18.2 Å². The molecule has 2 heterocycles. The summed E-state index contributed by atoms with van der Waals surface area (Å²) >= 11 is 0. The van der Waals surface area contributed by atoms with Gasteiger partial charge in [-0.15, -0.1) is 0 Å². The molecule has 31 heavy (non-hydrogen) atoms. The van der Waals surface area contributed by atoms with E-state index in [4.69, 9.17) is 9.26 Å². The van der Waals surface area contributed by atoms with Crippen molar-refractivity contribution < 1.29 is 14.1 Å². The molecule has 0 spiro atoms. The maximum atomic E-state index is 12.8. The fraction of sp³-hybridized carbons (Fsp3) is 0.208. The van der Waals surface area contributed by atoms with Crippen molar-refractivity contribution in [3.8, 4) is 5.75 Å². The summed E-state index contributed by atoms with van der Waals surface area (Å²) in [5.41, 5.74) is 4.03. The standard InChI is InChI=1S/C24H24N4O3/c1-16-9-11-20(12-10-16)30-15-21-18(3)31-27-23(21)24(29)25-22-13-17(2)28(26-22)14-19-7-5-4-6-8-19/h4-13H,14-15H2,1-3H3,(H,25,26,29). The van der Waals surface area contributed by atoms with Crippen LogP contribution in [0.2, 0.25) is 0 Å². The van der Waals surface area contributed by atoms with Crippen LogP contribution in [-0.4, -0.2) is 20.8 Å². The van der Waals surface area contributed by atoms with Crippen LogP contribution in [0.3, 0.4) is 0 Å². The van der Waals surface area contributed by atoms with Crippen LogP contribution in [0, 0.1) is 20.8 Å². The Hall–Kier alpha value is -3.87. The highest BCUT2D eigenvalue weighted by Crippen LogP contribution is 2.20. The van der Waals surface area contributed by atoms with Gasteiger partial charge in [0.2, 0.25) is 0 Å². The third kappa shape index (κ3) is 4.83. The number of rotatable bonds is 7. The predicted molar refractivity (Wildman–Crippen MR) is 117 cm³/mol. The molecule has 2 aromatic carbocycles. The third-order valence-corrected chi connectivity index (χ3v) is 5.00. The Bertz CT molecular complexity index is 1180. The second kappa shape index (κ2) is 8.87. The molecule has 0 aliphatic rings. The molecular formula is C24H24N4O3. The van der Waals surface area contributed by atoms with Gasteiger partial charge in [0, 0.05) is 11.8 Å². The molecule has 4 rings (SSSR count). The molecule has 0 unspecified atom stereocenters. The molecule has 0 aliphatic carbocycles. The van der Waals surface area contributed by atoms with E-state index in [1.807, 2.05) is 79.2 Å². The summed E-state index contributed by atoms with van der Waals surface area (Å²) in [6, 6.07) is 19.6. The first-order chi connectivity index (χ1) is 15.0. The van der Waals surface area contributed by atoms with Crippen LogP contribution in [-0.2, 0) is 13.2 Å². The average molecular weight is 416 g/mol. The van der Waals surface area contributed by atoms with Crippen LogP contribution < -0.4 is 10.1 Å². The van der Waals surface area contributed by atoms with Crippen LogP contribution in [0.4, 0.5) is 5.82 Å². The molecule has 2 aromatic heterocycles. The molecule has 0 radical (unpaired) electrons. The number of anilines is 1. The summed E-state index contributed by atoms with van der Waals surface area (Å²) in [4.78, 5) is 12.8. The minimum Gasteiger partial charge on any atom is -0.489 e. The van der Waals surface area contributed by atoms with E-state index in [2.05, 4.69) is 15.6 Å². The van der Waals surface area contributed by atoms with Crippen molar-refractivity contribution in [3.63, 3.8) is 0 Å². The van der Waals surface area contributed by atoms with Gasteiger partial charge in [0.15, 0.2) is 11.5 Å². The number of carbonyl (C=O) groups excluding carboxylic acids is 1. The molecule has 0 saturated heterocycles. The van der Waals surface area contributed by atoms with E-state index in [1.54, 1.807) is 6.92 Å². The minimum atomic E-state index is -0.385. The molecular weight excluding hydrogens is 392 g/mol. The van der Waals surface area contributed by atoms with Gasteiger partial charge in [-0.2, -0.15) is 5.10 Å². The lowest BCUT2D eigenvalue weighted by Gasteiger charge is -2.07. The minimum absolute atomic E-state index is 0.183. The lowest BCUT2D eigenvalue weighted by Crippen LogP contribution is -2.16. The van der Waals surface area contributed by atoms with Crippen molar-refractivity contribution in [3.05, 3.63) is 94.5 Å². The predicted octanol–water partition coefficient (Wildman–Crippen LogP) is 4.68. The SMILES string of the molecule is Cc1ccc(OCc2c(C(=O)Nc3cc(C)n(Cc4ccccc4)n3)noc2C)cc1. The topological polar surface area (TPSA) is 82.2 Å². The van der Waals surface area contributed by atoms with Gasteiger partial charge in [-0.25, -0.2) is 0 Å². The summed E-state index contributed by atoms with van der Waals surface area (Å²) < 4.78 is 12.9. The summed E-state index contributed by atoms with van der Waals surface area (Å²) in [6.07, 6.45) is 0. The highest BCUT2D eigenvalue weighted by Gasteiger charge is 2.21. The maximum absolute atomic E-state index is 12.8. The van der Waals surface area contributed by atoms with Crippen LogP contribution in [0.25, 0.3) is 0 Å². The van der Waals surface area contributed by atoms with Gasteiger partial charge in [-0.1, -0.05) is 53.2 Å². The summed E-state index contributed by atoms with van der Waals surface area (Å²) in [5, 5.41) is 11.3. The van der Waals surface area contributed by atoms with Crippen molar-refractivity contribution in [2.75, 3.05) is 5.32 Å². The quantitative estimate of drug-likeness (QED) is 0.473. The molecule has 0 bridgehead atoms. The highest BCUT2D eigenvalue weighted by molar-refractivity contribution is 6.03. The monoisotopic (exact) mass is 416 g/mol. The van der Waals surface area contributed by atoms with E-state index < -0.39 is 0 Å². The molecule has 7 heteroatoms. The van der Waals surface area contributed by atoms with E-state index in [9.17, 15) is 4.79 Å². The first-order valence-corrected chi connectivity index (χ1v) is 10.0. The zero-order valence-electron chi connectivity index (χ0n) is 17.8. The molecule has 0 aliphatic heterocycles. The van der Waals surface area contributed by atoms with E-state index in [0.717, 1.165) is 16.8 Å². The van der Waals surface area contributed by atoms with Gasteiger partial charge in [-0.3, -0.25) is 9.48 Å². The number of nitrogens with zero attached hydrogens (tertiary/aromatic N) is 3. The fourth-order valence-electron chi connectivity index (χ4n) is 3.19. The van der Waals surface area contributed by atoms with Gasteiger partial charge in [0.1, 0.15) is 18.1 Å². The molecule has 1 amide bonds. The van der Waals surface area contributed by atoms with Gasteiger partial charge in [0.05, 0.1) is 12.1 Å². The Morgan fingerprint density at radius 2 is 1.81 bits per heavy atom. The summed E-state index contributed by atoms with van der Waals surface area (Å²) in [6.45, 7) is 6.53. The van der Waals surface area contributed by atoms with Crippen molar-refractivity contribution in [2.45, 2.75) is 33.9 Å². The zero-order chi connectivity index (χ0) is 21.8. The van der Waals surface area contributed by atoms with Gasteiger partial charge in [0.25, 0.3) is 5.91 Å². The van der Waals surface area contributed by atoms with Crippen molar-refractivity contribution >= 4 is 11.7 Å². The maximum Gasteiger partial charge on any atom is 0.279 e. The number of benzene rings is 2. The molecule has 0 atom stereocenters. The number of aryl methyl sites for hydroxylation is 3. The van der Waals surface area contributed by atoms with Crippen LogP contribution >= 0.6 is 0 Å². The Labute approximate surface area is 180 Å². The van der Waals surface area contributed by atoms with Gasteiger partial charge >= 0.3 is 0 Å². The Morgan fingerprint density at radius 3 is 2.55 bits per heavy atom. The number of aromatic nitrogens is 3. The highest BCUT2D eigenvalue weighted by atomic mass is 16.5. The number of amides is 1. The van der Waals surface area contributed by atoms with Crippen LogP contribution in [0.1, 0.15) is 38.6 Å². The largest absolute Gasteiger partial charge is 0.489 e.